The highest BCUT2D eigenvalue weighted by atomic mass is 32.2. The topological polar surface area (TPSA) is 75.4 Å². The third kappa shape index (κ3) is 2.48. The van der Waals surface area contributed by atoms with Gasteiger partial charge in [-0.25, -0.2) is 13.1 Å². The Bertz CT molecular complexity index is 565. The first kappa shape index (κ1) is 12.9. The van der Waals surface area contributed by atoms with Crippen LogP contribution in [0.4, 0.5) is 5.69 Å². The number of rotatable bonds is 3. The summed E-state index contributed by atoms with van der Waals surface area (Å²) in [6, 6.07) is 6.63. The minimum atomic E-state index is -3.51. The highest BCUT2D eigenvalue weighted by Gasteiger charge is 2.36. The van der Waals surface area contributed by atoms with Gasteiger partial charge in [0.25, 0.3) is 0 Å². The van der Waals surface area contributed by atoms with Crippen LogP contribution in [0.3, 0.4) is 0 Å². The van der Waals surface area contributed by atoms with Crippen molar-refractivity contribution < 1.29 is 8.42 Å². The van der Waals surface area contributed by atoms with Gasteiger partial charge >= 0.3 is 0 Å². The summed E-state index contributed by atoms with van der Waals surface area (Å²) in [6.07, 6.45) is 2.16. The fourth-order valence-corrected chi connectivity index (χ4v) is 4.52. The van der Waals surface area contributed by atoms with Crippen molar-refractivity contribution in [2.75, 3.05) is 25.4 Å². The summed E-state index contributed by atoms with van der Waals surface area (Å²) >= 11 is 0. The summed E-state index contributed by atoms with van der Waals surface area (Å²) in [5.74, 6) is 0.463. The smallest absolute Gasteiger partial charge is 0.242 e. The number of benzene rings is 1. The second-order valence-corrected chi connectivity index (χ2v) is 7.09. The second kappa shape index (κ2) is 4.77. The standard InChI is InChI=1S/C13H19N3O2S/c14-11-3-1-2-4-13(11)19(17,18)15-12-9-16-7-5-10(12)6-8-16/h1-4,10,12,15H,5-9,14H2. The van der Waals surface area contributed by atoms with Crippen LogP contribution < -0.4 is 10.5 Å². The molecular formula is C13H19N3O2S. The second-order valence-electron chi connectivity index (χ2n) is 5.40. The zero-order chi connectivity index (χ0) is 13.5. The Labute approximate surface area is 113 Å². The Kier molecular flexibility index (Phi) is 3.24. The molecule has 0 spiro atoms. The van der Waals surface area contributed by atoms with Crippen molar-refractivity contribution in [2.45, 2.75) is 23.8 Å². The molecule has 3 saturated heterocycles. The SMILES string of the molecule is Nc1ccccc1S(=O)(=O)NC1CN2CCC1CC2. The number of nitrogen functional groups attached to an aromatic ring is 1. The lowest BCUT2D eigenvalue weighted by atomic mass is 9.85. The number of hydrogen-bond acceptors (Lipinski definition) is 4. The quantitative estimate of drug-likeness (QED) is 0.797. The Morgan fingerprint density at radius 3 is 2.47 bits per heavy atom. The zero-order valence-electron chi connectivity index (χ0n) is 10.7. The molecule has 3 heterocycles. The van der Waals surface area contributed by atoms with Gasteiger partial charge in [-0.1, -0.05) is 12.1 Å². The molecule has 0 saturated carbocycles. The van der Waals surface area contributed by atoms with Crippen LogP contribution in [0, 0.1) is 5.92 Å². The molecule has 1 atom stereocenters. The Morgan fingerprint density at radius 1 is 1.21 bits per heavy atom. The third-order valence-electron chi connectivity index (χ3n) is 4.17. The van der Waals surface area contributed by atoms with Crippen molar-refractivity contribution in [3.8, 4) is 0 Å². The van der Waals surface area contributed by atoms with E-state index >= 15 is 0 Å². The van der Waals surface area contributed by atoms with Crippen molar-refractivity contribution >= 4 is 15.7 Å². The first-order valence-corrected chi connectivity index (χ1v) is 8.14. The van der Waals surface area contributed by atoms with Crippen LogP contribution in [-0.2, 0) is 10.0 Å². The number of piperidine rings is 3. The van der Waals surface area contributed by atoms with E-state index in [0.29, 0.717) is 11.6 Å². The molecule has 1 aromatic rings. The summed E-state index contributed by atoms with van der Waals surface area (Å²) in [4.78, 5) is 2.51. The molecule has 1 aromatic carbocycles. The molecule has 19 heavy (non-hydrogen) atoms. The Hall–Kier alpha value is -1.11. The molecular weight excluding hydrogens is 262 g/mol. The van der Waals surface area contributed by atoms with E-state index in [1.54, 1.807) is 24.3 Å². The van der Waals surface area contributed by atoms with Gasteiger partial charge in [-0.05, 0) is 44.0 Å². The van der Waals surface area contributed by atoms with E-state index < -0.39 is 10.0 Å². The average molecular weight is 281 g/mol. The number of para-hydroxylation sites is 1. The predicted molar refractivity (Wildman–Crippen MR) is 74.1 cm³/mol. The minimum Gasteiger partial charge on any atom is -0.398 e. The summed E-state index contributed by atoms with van der Waals surface area (Å²) in [5, 5.41) is 0. The maximum atomic E-state index is 12.4. The van der Waals surface area contributed by atoms with Crippen LogP contribution >= 0.6 is 0 Å². The number of anilines is 1. The monoisotopic (exact) mass is 281 g/mol. The maximum Gasteiger partial charge on any atom is 0.242 e. The molecule has 0 aromatic heterocycles. The molecule has 3 aliphatic heterocycles. The number of nitrogens with two attached hydrogens (primary N) is 1. The van der Waals surface area contributed by atoms with Crippen molar-refractivity contribution in [1.29, 1.82) is 0 Å². The van der Waals surface area contributed by atoms with Crippen LogP contribution in [-0.4, -0.2) is 39.0 Å². The number of nitrogens with one attached hydrogen (secondary N) is 1. The van der Waals surface area contributed by atoms with Crippen LogP contribution in [0.15, 0.2) is 29.2 Å². The first-order chi connectivity index (χ1) is 9.06. The zero-order valence-corrected chi connectivity index (χ0v) is 11.6. The van der Waals surface area contributed by atoms with Gasteiger partial charge in [0.2, 0.25) is 10.0 Å². The molecule has 5 nitrogen and oxygen atoms in total. The van der Waals surface area contributed by atoms with E-state index in [1.807, 2.05) is 0 Å². The third-order valence-corrected chi connectivity index (χ3v) is 5.74. The lowest BCUT2D eigenvalue weighted by molar-refractivity contribution is 0.0827. The Morgan fingerprint density at radius 2 is 1.89 bits per heavy atom. The molecule has 3 aliphatic rings. The Balaban J connectivity index is 1.81. The number of fused-ring (bicyclic) bond motifs is 3. The van der Waals surface area contributed by atoms with Crippen molar-refractivity contribution in [1.82, 2.24) is 9.62 Å². The maximum absolute atomic E-state index is 12.4. The lowest BCUT2D eigenvalue weighted by Crippen LogP contribution is -2.57. The molecule has 1 unspecified atom stereocenters. The predicted octanol–water partition coefficient (Wildman–Crippen LogP) is 0.641. The largest absolute Gasteiger partial charge is 0.398 e. The van der Waals surface area contributed by atoms with Crippen molar-refractivity contribution in [3.05, 3.63) is 24.3 Å². The normalized spacial score (nSPS) is 30.4. The van der Waals surface area contributed by atoms with E-state index in [4.69, 9.17) is 5.73 Å². The number of hydrogen-bond donors (Lipinski definition) is 2. The molecule has 0 amide bonds. The molecule has 3 N–H and O–H groups in total. The van der Waals surface area contributed by atoms with Gasteiger partial charge in [-0.2, -0.15) is 0 Å². The van der Waals surface area contributed by atoms with Crippen LogP contribution in [0.5, 0.6) is 0 Å². The van der Waals surface area contributed by atoms with E-state index in [0.717, 1.165) is 32.5 Å². The highest BCUT2D eigenvalue weighted by Crippen LogP contribution is 2.29. The lowest BCUT2D eigenvalue weighted by Gasteiger charge is -2.44. The van der Waals surface area contributed by atoms with Gasteiger partial charge in [0.1, 0.15) is 4.90 Å². The fourth-order valence-electron chi connectivity index (χ4n) is 3.09. The molecule has 6 heteroatoms. The summed E-state index contributed by atoms with van der Waals surface area (Å²) < 4.78 is 27.6. The molecule has 2 bridgehead atoms. The summed E-state index contributed by atoms with van der Waals surface area (Å²) in [6.45, 7) is 3.00. The van der Waals surface area contributed by atoms with Crippen molar-refractivity contribution in [2.24, 2.45) is 5.92 Å². The van der Waals surface area contributed by atoms with Crippen LogP contribution in [0.25, 0.3) is 0 Å². The number of nitrogens with zero attached hydrogens (tertiary/aromatic N) is 1. The van der Waals surface area contributed by atoms with Crippen LogP contribution in [0.1, 0.15) is 12.8 Å². The summed E-state index contributed by atoms with van der Waals surface area (Å²) in [7, 11) is -3.51. The average Bonchev–Trinajstić information content (AvgIpc) is 2.40. The van der Waals surface area contributed by atoms with Crippen LogP contribution in [0.2, 0.25) is 0 Å². The highest BCUT2D eigenvalue weighted by molar-refractivity contribution is 7.89. The molecule has 4 rings (SSSR count). The minimum absolute atomic E-state index is 0.0205. The molecule has 0 radical (unpaired) electrons. The number of sulfonamides is 1. The van der Waals surface area contributed by atoms with Gasteiger partial charge in [0.05, 0.1) is 5.69 Å². The summed E-state index contributed by atoms with van der Waals surface area (Å²) in [5.41, 5.74) is 6.06. The van der Waals surface area contributed by atoms with E-state index in [1.165, 1.54) is 0 Å². The van der Waals surface area contributed by atoms with E-state index in [-0.39, 0.29) is 10.9 Å². The van der Waals surface area contributed by atoms with Gasteiger partial charge in [0.15, 0.2) is 0 Å². The first-order valence-electron chi connectivity index (χ1n) is 6.65. The van der Waals surface area contributed by atoms with Gasteiger partial charge in [-0.15, -0.1) is 0 Å². The van der Waals surface area contributed by atoms with Gasteiger partial charge in [0, 0.05) is 12.6 Å². The van der Waals surface area contributed by atoms with E-state index in [9.17, 15) is 8.42 Å². The molecule has 0 aliphatic carbocycles. The molecule has 104 valence electrons. The molecule has 3 fully saturated rings. The van der Waals surface area contributed by atoms with Crippen molar-refractivity contribution in [3.63, 3.8) is 0 Å². The van der Waals surface area contributed by atoms with Gasteiger partial charge in [-0.3, -0.25) is 0 Å². The van der Waals surface area contributed by atoms with Gasteiger partial charge < -0.3 is 10.6 Å². The van der Waals surface area contributed by atoms with E-state index in [2.05, 4.69) is 9.62 Å². The fraction of sp³-hybridized carbons (Fsp3) is 0.538.